The van der Waals surface area contributed by atoms with Crippen LogP contribution in [0.3, 0.4) is 0 Å². The fourth-order valence-corrected chi connectivity index (χ4v) is 9.09. The van der Waals surface area contributed by atoms with Gasteiger partial charge in [-0.05, 0) is 85.3 Å². The van der Waals surface area contributed by atoms with Crippen LogP contribution in [0.5, 0.6) is 0 Å². The summed E-state index contributed by atoms with van der Waals surface area (Å²) in [6.45, 7) is 1.17. The first kappa shape index (κ1) is 47.6. The molecule has 7 N–H and O–H groups in total. The van der Waals surface area contributed by atoms with E-state index >= 15 is 0 Å². The average molecular weight is 1020 g/mol. The molecule has 6 aromatic rings. The van der Waals surface area contributed by atoms with Crippen molar-refractivity contribution in [3.63, 3.8) is 0 Å². The Morgan fingerprint density at radius 2 is 1.18 bits per heavy atom. The molecule has 0 saturated heterocycles. The van der Waals surface area contributed by atoms with Gasteiger partial charge in [-0.25, -0.2) is 4.21 Å². The molecule has 1 aliphatic rings. The van der Waals surface area contributed by atoms with Crippen molar-refractivity contribution in [2.24, 2.45) is 20.5 Å². The minimum absolute atomic E-state index is 0.00773. The molecule has 2 unspecified atom stereocenters. The fourth-order valence-electron chi connectivity index (χ4n) is 6.19. The molecule has 0 radical (unpaired) electrons. The van der Waals surface area contributed by atoms with Crippen LogP contribution in [-0.2, 0) is 51.6 Å². The Morgan fingerprint density at radius 1 is 0.621 bits per heavy atom. The van der Waals surface area contributed by atoms with E-state index in [1.54, 1.807) is 6.07 Å². The Morgan fingerprint density at radius 3 is 1.76 bits per heavy atom. The van der Waals surface area contributed by atoms with Gasteiger partial charge in [-0.2, -0.15) is 48.6 Å². The van der Waals surface area contributed by atoms with Crippen molar-refractivity contribution in [1.82, 2.24) is 15.0 Å². The number of halogens is 1. The molecular formula is C37H28ClN9O14S5. The minimum atomic E-state index is -5.02. The van der Waals surface area contributed by atoms with Crippen molar-refractivity contribution in [3.8, 4) is 0 Å². The lowest BCUT2D eigenvalue weighted by atomic mass is 10.0. The summed E-state index contributed by atoms with van der Waals surface area (Å²) >= 11 is 3.90. The zero-order valence-corrected chi connectivity index (χ0v) is 37.7. The number of aromatic nitrogens is 3. The molecule has 0 fully saturated rings. The molecule has 0 saturated carbocycles. The van der Waals surface area contributed by atoms with E-state index in [0.717, 1.165) is 18.2 Å². The van der Waals surface area contributed by atoms with Gasteiger partial charge in [-0.15, -0.1) is 20.5 Å². The molecule has 1 aromatic heterocycles. The van der Waals surface area contributed by atoms with Crippen LogP contribution in [0.1, 0.15) is 18.1 Å². The predicted octanol–water partition coefficient (Wildman–Crippen LogP) is 8.00. The van der Waals surface area contributed by atoms with Gasteiger partial charge in [0, 0.05) is 27.6 Å². The minimum Gasteiger partial charge on any atom is -0.324 e. The lowest BCUT2D eigenvalue weighted by molar-refractivity contribution is 0.466. The Labute approximate surface area is 381 Å². The maximum Gasteiger partial charge on any atom is 0.296 e. The van der Waals surface area contributed by atoms with E-state index in [4.69, 9.17) is 11.6 Å². The second kappa shape index (κ2) is 17.8. The standard InChI is InChI=1S/C37H28ClN9O14S5/c1-37(66(59,60)61)16-14-23-24(15-17-37)27(45-47-30-19-22(63(50,51)52)8-13-31(30)64(53,54)55)10-9-26(23)44-46-28-11-12-29(33-25(28)6-3-7-32(33)65(56,57)58)40-36-42-34(38)41-35(43-36)39-20-4-2-5-21(18-20)62(48)49/h2-19H,1H3,(H,48,49)(H,50,51,52)(H,53,54,55)(H,56,57,58)(H,59,60,61)(H2,39,40,41,42,43). The van der Waals surface area contributed by atoms with Crippen LogP contribution in [-0.4, -0.2) is 80.3 Å². The Kier molecular flexibility index (Phi) is 12.9. The van der Waals surface area contributed by atoms with E-state index in [1.807, 2.05) is 0 Å². The van der Waals surface area contributed by atoms with Crippen LogP contribution < -0.4 is 10.6 Å². The molecule has 7 rings (SSSR count). The van der Waals surface area contributed by atoms with Crippen LogP contribution in [0.2, 0.25) is 5.28 Å². The first-order valence-electron chi connectivity index (χ1n) is 18.0. The summed E-state index contributed by atoms with van der Waals surface area (Å²) in [5, 5.41) is 21.9. The smallest absolute Gasteiger partial charge is 0.296 e. The van der Waals surface area contributed by atoms with Crippen molar-refractivity contribution >= 4 is 132 Å². The maximum atomic E-state index is 12.7. The van der Waals surface area contributed by atoms with E-state index in [0.29, 0.717) is 23.9 Å². The van der Waals surface area contributed by atoms with Gasteiger partial charge in [-0.3, -0.25) is 18.2 Å². The Balaban J connectivity index is 1.32. The molecule has 0 bridgehead atoms. The summed E-state index contributed by atoms with van der Waals surface area (Å²) in [6.07, 6.45) is 4.70. The zero-order chi connectivity index (χ0) is 48.0. The first-order chi connectivity index (χ1) is 30.8. The van der Waals surface area contributed by atoms with E-state index in [-0.39, 0.29) is 66.7 Å². The highest BCUT2D eigenvalue weighted by Crippen LogP contribution is 2.42. The SMILES string of the molecule is CC1(S(=O)(=O)O)C=Cc2c(N=Nc3cc(S(=O)(=O)O)ccc3S(=O)(=O)O)ccc(N=Nc3ccc(Nc4nc(Cl)nc(Nc5cccc(S(=O)O)c5)n4)c4c(S(=O)(=O)O)cccc34)c2C=C1. The Hall–Kier alpha value is -6.31. The third-order valence-corrected chi connectivity index (χ3v) is 14.3. The van der Waals surface area contributed by atoms with Crippen LogP contribution in [0, 0.1) is 0 Å². The van der Waals surface area contributed by atoms with Gasteiger partial charge in [0.15, 0.2) is 11.1 Å². The number of hydrogen-bond donors (Lipinski definition) is 7. The zero-order valence-electron chi connectivity index (χ0n) is 32.9. The number of fused-ring (bicyclic) bond motifs is 2. The van der Waals surface area contributed by atoms with Crippen molar-refractivity contribution in [2.45, 2.75) is 31.3 Å². The van der Waals surface area contributed by atoms with Crippen LogP contribution >= 0.6 is 11.6 Å². The van der Waals surface area contributed by atoms with Gasteiger partial charge in [0.05, 0.1) is 32.5 Å². The summed E-state index contributed by atoms with van der Waals surface area (Å²) < 4.78 is 157. The molecule has 1 heterocycles. The quantitative estimate of drug-likeness (QED) is 0.0327. The van der Waals surface area contributed by atoms with E-state index in [9.17, 15) is 60.6 Å². The summed E-state index contributed by atoms with van der Waals surface area (Å²) in [4.78, 5) is 10.2. The fraction of sp³-hybridized carbons (Fsp3) is 0.0541. The van der Waals surface area contributed by atoms with E-state index in [2.05, 4.69) is 46.0 Å². The van der Waals surface area contributed by atoms with Gasteiger partial charge < -0.3 is 15.2 Å². The topological polar surface area (TPSA) is 367 Å². The van der Waals surface area contributed by atoms with Gasteiger partial charge in [0.1, 0.15) is 20.2 Å². The third kappa shape index (κ3) is 10.4. The van der Waals surface area contributed by atoms with Gasteiger partial charge >= 0.3 is 0 Å². The molecule has 2 atom stereocenters. The molecule has 0 spiro atoms. The highest BCUT2D eigenvalue weighted by atomic mass is 35.5. The second-order valence-electron chi connectivity index (χ2n) is 13.8. The van der Waals surface area contributed by atoms with Gasteiger partial charge in [0.25, 0.3) is 40.5 Å². The molecule has 5 aromatic carbocycles. The summed E-state index contributed by atoms with van der Waals surface area (Å²) in [6, 6.07) is 17.1. The summed E-state index contributed by atoms with van der Waals surface area (Å²) in [5.41, 5.74) is -0.333. The number of benzene rings is 5. The number of nitrogens with one attached hydrogen (secondary N) is 2. The van der Waals surface area contributed by atoms with Crippen molar-refractivity contribution < 1.29 is 60.6 Å². The highest BCUT2D eigenvalue weighted by molar-refractivity contribution is 7.87. The normalized spacial score (nSPS) is 16.1. The summed E-state index contributed by atoms with van der Waals surface area (Å²) in [5.74, 6) is -0.332. The monoisotopic (exact) mass is 1020 g/mol. The van der Waals surface area contributed by atoms with E-state index in [1.165, 1.54) is 73.7 Å². The lowest BCUT2D eigenvalue weighted by Crippen LogP contribution is -2.29. The second-order valence-corrected chi connectivity index (χ2v) is 21.1. The largest absolute Gasteiger partial charge is 0.324 e. The molecule has 0 amide bonds. The van der Waals surface area contributed by atoms with Crippen molar-refractivity contribution in [1.29, 1.82) is 0 Å². The number of azo groups is 2. The number of hydrogen-bond acceptors (Lipinski definition) is 18. The van der Waals surface area contributed by atoms with Crippen LogP contribution in [0.15, 0.2) is 137 Å². The van der Waals surface area contributed by atoms with Gasteiger partial charge in [0.2, 0.25) is 17.2 Å². The molecule has 342 valence electrons. The molecule has 0 aliphatic heterocycles. The van der Waals surface area contributed by atoms with Crippen LogP contribution in [0.25, 0.3) is 22.9 Å². The number of anilines is 4. The molecule has 23 nitrogen and oxygen atoms in total. The predicted molar refractivity (Wildman–Crippen MR) is 240 cm³/mol. The van der Waals surface area contributed by atoms with Crippen LogP contribution in [0.4, 0.5) is 46.0 Å². The first-order valence-corrected chi connectivity index (χ1v) is 25.2. The molecule has 29 heteroatoms. The third-order valence-electron chi connectivity index (χ3n) is 9.40. The van der Waals surface area contributed by atoms with E-state index < -0.39 is 76.7 Å². The number of nitrogens with zero attached hydrogens (tertiary/aromatic N) is 7. The number of rotatable bonds is 13. The Bertz CT molecular complexity index is 3630. The van der Waals surface area contributed by atoms with Gasteiger partial charge in [-0.1, -0.05) is 42.5 Å². The maximum absolute atomic E-state index is 12.7. The summed E-state index contributed by atoms with van der Waals surface area (Å²) in [7, 11) is -19.6. The molecule has 66 heavy (non-hydrogen) atoms. The average Bonchev–Trinajstić information content (AvgIpc) is 3.41. The molecular weight excluding hydrogens is 990 g/mol. The van der Waals surface area contributed by atoms with Crippen molar-refractivity contribution in [3.05, 3.63) is 113 Å². The lowest BCUT2D eigenvalue weighted by Gasteiger charge is -2.16. The molecule has 1 aliphatic carbocycles. The highest BCUT2D eigenvalue weighted by Gasteiger charge is 2.34. The van der Waals surface area contributed by atoms with Crippen molar-refractivity contribution in [2.75, 3.05) is 10.6 Å².